The van der Waals surface area contributed by atoms with Crippen molar-refractivity contribution in [2.75, 3.05) is 31.4 Å². The molecule has 15 heteroatoms. The lowest BCUT2D eigenvalue weighted by Crippen LogP contribution is -2.31. The second-order valence-corrected chi connectivity index (χ2v) is 19.5. The van der Waals surface area contributed by atoms with Crippen molar-refractivity contribution in [1.29, 1.82) is 5.41 Å². The Balaban J connectivity index is 0. The van der Waals surface area contributed by atoms with E-state index in [1.165, 1.54) is 56.3 Å². The Kier molecular flexibility index (Phi) is 31.0. The van der Waals surface area contributed by atoms with Crippen LogP contribution in [0, 0.1) is 40.9 Å². The number of likely N-dealkylation sites (N-methyl/N-ethyl adjacent to an activating group) is 2. The van der Waals surface area contributed by atoms with Crippen molar-refractivity contribution in [1.82, 2.24) is 9.80 Å². The Bertz CT molecular complexity index is 1340. The third-order valence-corrected chi connectivity index (χ3v) is 11.7. The Morgan fingerprint density at radius 2 is 1.17 bits per heavy atom. The maximum atomic E-state index is 11.7. The lowest BCUT2D eigenvalue weighted by Gasteiger charge is -2.21. The predicted octanol–water partition coefficient (Wildman–Crippen LogP) is 7.81. The highest BCUT2D eigenvalue weighted by Gasteiger charge is 2.27. The summed E-state index contributed by atoms with van der Waals surface area (Å²) in [5, 5.41) is 7.88. The van der Waals surface area contributed by atoms with Gasteiger partial charge in [0.2, 0.25) is 0 Å². The number of nitrogens with two attached hydrogens (primary N) is 3. The van der Waals surface area contributed by atoms with E-state index >= 15 is 0 Å². The smallest absolute Gasteiger partial charge is 0.267 e. The number of nitrogens with zero attached hydrogens (tertiary/aromatic N) is 4. The number of hydrogen-bond acceptors (Lipinski definition) is 11. The van der Waals surface area contributed by atoms with E-state index in [0.29, 0.717) is 64.8 Å². The van der Waals surface area contributed by atoms with Crippen LogP contribution in [0.4, 0.5) is 0 Å². The molecule has 58 heavy (non-hydrogen) atoms. The fourth-order valence-corrected chi connectivity index (χ4v) is 7.66. The van der Waals surface area contributed by atoms with Crippen molar-refractivity contribution in [3.63, 3.8) is 0 Å². The Labute approximate surface area is 366 Å². The molecule has 3 aliphatic heterocycles. The summed E-state index contributed by atoms with van der Waals surface area (Å²) in [6, 6.07) is 0.975. The summed E-state index contributed by atoms with van der Waals surface area (Å²) in [5.74, 6) is 6.63. The van der Waals surface area contributed by atoms with Gasteiger partial charge in [-0.25, -0.2) is 0 Å². The van der Waals surface area contributed by atoms with Gasteiger partial charge in [0.25, 0.3) is 23.6 Å². The van der Waals surface area contributed by atoms with E-state index in [1.54, 1.807) is 11.8 Å². The van der Waals surface area contributed by atoms with Gasteiger partial charge in [0, 0.05) is 51.2 Å². The van der Waals surface area contributed by atoms with E-state index in [2.05, 4.69) is 106 Å². The van der Waals surface area contributed by atoms with E-state index < -0.39 is 0 Å². The van der Waals surface area contributed by atoms with E-state index in [4.69, 9.17) is 22.6 Å². The molecular weight excluding hydrogens is 789 g/mol. The average molecular weight is 869 g/mol. The number of amidine groups is 2. The SMILES string of the molecule is CC(C)C(N)C(C)C.CC(C)C(N=C(N)CCCS)C(C)C.CC(C)C(N=C(N)CCCSC1=CC(=O)N(C)C1=O)C(C)C.CN1C(=O)C=CC1=O.N=C1CCCS1. The maximum absolute atomic E-state index is 11.7. The summed E-state index contributed by atoms with van der Waals surface area (Å²) in [5.41, 5.74) is 17.6. The van der Waals surface area contributed by atoms with Crippen molar-refractivity contribution in [2.24, 2.45) is 62.7 Å². The van der Waals surface area contributed by atoms with Crippen molar-refractivity contribution in [3.05, 3.63) is 23.1 Å². The van der Waals surface area contributed by atoms with Crippen molar-refractivity contribution in [2.45, 2.75) is 140 Å². The standard InChI is InChI=1S/C16H27N3O2S.C11H24N2S.C7H17N.C5H5NO2.C4H7NS/c1-10(2)15(11(3)4)18-13(17)7-6-8-22-12-9-14(20)19(5)16(12)21;1-8(2)11(9(3)4)13-10(12)6-5-7-14;1-5(2)7(8)6(3)4;1-6-4(7)2-3-5(6)8;5-4-2-1-3-6-4/h9-11,15H,6-8H2,1-5H3,(H2,17,18);8-9,11,14H,5-7H2,1-4H3,(H2,12,13);5-7H,8H2,1-4H3;2-3H,1H3;5H,1-3H2. The highest BCUT2D eigenvalue weighted by Crippen LogP contribution is 2.24. The number of hydrogen-bond donors (Lipinski definition) is 5. The van der Waals surface area contributed by atoms with Crippen LogP contribution >= 0.6 is 36.2 Å². The van der Waals surface area contributed by atoms with Gasteiger partial charge in [-0.2, -0.15) is 12.6 Å². The van der Waals surface area contributed by atoms with Crippen molar-refractivity contribution in [3.8, 4) is 0 Å². The van der Waals surface area contributed by atoms with E-state index in [0.717, 1.165) is 57.9 Å². The van der Waals surface area contributed by atoms with Crippen LogP contribution in [0.1, 0.15) is 122 Å². The number of thiol groups is 1. The fourth-order valence-electron chi connectivity index (χ4n) is 5.73. The molecule has 3 rings (SSSR count). The highest BCUT2D eigenvalue weighted by molar-refractivity contribution is 8.14. The third kappa shape index (κ3) is 25.1. The lowest BCUT2D eigenvalue weighted by atomic mass is 9.94. The van der Waals surface area contributed by atoms with E-state index in [9.17, 15) is 19.2 Å². The predicted molar refractivity (Wildman–Crippen MR) is 255 cm³/mol. The molecule has 3 aliphatic rings. The minimum absolute atomic E-state index is 0.212. The molecule has 1 fully saturated rings. The molecule has 0 saturated carbocycles. The molecule has 7 N–H and O–H groups in total. The minimum atomic E-state index is -0.245. The fraction of sp³-hybridized carbons (Fsp3) is 0.744. The molecule has 0 aromatic carbocycles. The molecule has 1 saturated heterocycles. The first-order valence-electron chi connectivity index (χ1n) is 20.8. The molecule has 334 valence electrons. The maximum Gasteiger partial charge on any atom is 0.267 e. The number of amides is 4. The zero-order chi connectivity index (χ0) is 45.3. The molecule has 0 radical (unpaired) electrons. The Hall–Kier alpha value is -2.62. The minimum Gasteiger partial charge on any atom is -0.387 e. The Morgan fingerprint density at radius 1 is 0.741 bits per heavy atom. The van der Waals surface area contributed by atoms with Gasteiger partial charge in [-0.3, -0.25) is 44.4 Å². The van der Waals surface area contributed by atoms with Crippen LogP contribution in [0.3, 0.4) is 0 Å². The first-order chi connectivity index (χ1) is 26.9. The Morgan fingerprint density at radius 3 is 1.41 bits per heavy atom. The van der Waals surface area contributed by atoms with Gasteiger partial charge in [0.05, 0.1) is 33.7 Å². The lowest BCUT2D eigenvalue weighted by molar-refractivity contribution is -0.136. The topological polar surface area (TPSA) is 201 Å². The van der Waals surface area contributed by atoms with E-state index in [1.807, 2.05) is 0 Å². The zero-order valence-corrected chi connectivity index (χ0v) is 40.7. The number of imide groups is 2. The molecule has 0 aliphatic carbocycles. The van der Waals surface area contributed by atoms with Crippen LogP contribution in [0.25, 0.3) is 0 Å². The van der Waals surface area contributed by atoms with Crippen LogP contribution in [0.5, 0.6) is 0 Å². The number of nitrogens with one attached hydrogen (secondary N) is 1. The molecule has 12 nitrogen and oxygen atoms in total. The van der Waals surface area contributed by atoms with Gasteiger partial charge >= 0.3 is 0 Å². The summed E-state index contributed by atoms with van der Waals surface area (Å²) in [7, 11) is 2.95. The monoisotopic (exact) mass is 869 g/mol. The molecule has 4 amide bonds. The molecule has 0 spiro atoms. The van der Waals surface area contributed by atoms with Gasteiger partial charge in [0.15, 0.2) is 0 Å². The molecule has 3 heterocycles. The van der Waals surface area contributed by atoms with Crippen LogP contribution in [0.2, 0.25) is 0 Å². The average Bonchev–Trinajstić information content (AvgIpc) is 3.82. The first-order valence-corrected chi connectivity index (χ1v) is 23.4. The third-order valence-electron chi connectivity index (χ3n) is 9.28. The molecule has 0 unspecified atom stereocenters. The largest absolute Gasteiger partial charge is 0.387 e. The van der Waals surface area contributed by atoms with Crippen LogP contribution < -0.4 is 17.2 Å². The zero-order valence-electron chi connectivity index (χ0n) is 38.2. The second-order valence-electron chi connectivity index (χ2n) is 16.7. The number of thioether (sulfide) groups is 2. The highest BCUT2D eigenvalue weighted by atomic mass is 32.2. The first kappa shape index (κ1) is 57.5. The molecule has 0 bridgehead atoms. The van der Waals surface area contributed by atoms with Crippen molar-refractivity contribution < 1.29 is 19.2 Å². The number of rotatable bonds is 16. The summed E-state index contributed by atoms with van der Waals surface area (Å²) in [6.07, 6.45) is 9.61. The quantitative estimate of drug-likeness (QED) is 0.0337. The van der Waals surface area contributed by atoms with Gasteiger partial charge < -0.3 is 17.2 Å². The summed E-state index contributed by atoms with van der Waals surface area (Å²) in [4.78, 5) is 55.8. The molecule has 0 aromatic heterocycles. The van der Waals surface area contributed by atoms with Gasteiger partial charge in [-0.1, -0.05) is 83.1 Å². The number of carbonyl (C=O) groups is 4. The van der Waals surface area contributed by atoms with Crippen LogP contribution in [-0.4, -0.2) is 99.6 Å². The second kappa shape index (κ2) is 31.3. The van der Waals surface area contributed by atoms with E-state index in [-0.39, 0.29) is 29.7 Å². The molecule has 0 atom stereocenters. The number of carbonyl (C=O) groups excluding carboxylic acids is 4. The van der Waals surface area contributed by atoms with Crippen LogP contribution in [0.15, 0.2) is 33.1 Å². The summed E-state index contributed by atoms with van der Waals surface area (Å²) >= 11 is 7.25. The van der Waals surface area contributed by atoms with Gasteiger partial charge in [-0.15, -0.1) is 23.5 Å². The molecular formula is C43H80N8O4S3. The van der Waals surface area contributed by atoms with Gasteiger partial charge in [-0.05, 0) is 78.4 Å². The summed E-state index contributed by atoms with van der Waals surface area (Å²) in [6.45, 7) is 26.0. The summed E-state index contributed by atoms with van der Waals surface area (Å²) < 4.78 is 0. The normalized spacial score (nSPS) is 15.9. The van der Waals surface area contributed by atoms with Gasteiger partial charge in [0.1, 0.15) is 0 Å². The molecule has 0 aromatic rings. The number of aliphatic imine (C=N–C) groups is 2. The van der Waals surface area contributed by atoms with Crippen LogP contribution in [-0.2, 0) is 19.2 Å². The van der Waals surface area contributed by atoms with Crippen molar-refractivity contribution >= 4 is 76.5 Å².